The Morgan fingerprint density at radius 2 is 1.38 bits per heavy atom. The van der Waals surface area contributed by atoms with E-state index >= 15 is 0 Å². The summed E-state index contributed by atoms with van der Waals surface area (Å²) < 4.78 is 5.84. The van der Waals surface area contributed by atoms with Crippen molar-refractivity contribution in [3.8, 4) is 5.75 Å². The van der Waals surface area contributed by atoms with Crippen molar-refractivity contribution >= 4 is 23.5 Å². The number of benzene rings is 1. The predicted octanol–water partition coefficient (Wildman–Crippen LogP) is 6.54. The minimum atomic E-state index is 0.574. The quantitative estimate of drug-likeness (QED) is 0.319. The predicted molar refractivity (Wildman–Crippen MR) is 99.7 cm³/mol. The highest BCUT2D eigenvalue weighted by atomic mass is 32.2. The molecule has 1 nitrogen and oxygen atoms in total. The highest BCUT2D eigenvalue weighted by Crippen LogP contribution is 2.40. The second-order valence-corrected chi connectivity index (χ2v) is 7.99. The van der Waals surface area contributed by atoms with Gasteiger partial charge < -0.3 is 4.74 Å². The van der Waals surface area contributed by atoms with E-state index in [2.05, 4.69) is 61.6 Å². The minimum Gasteiger partial charge on any atom is -0.497 e. The van der Waals surface area contributed by atoms with Gasteiger partial charge in [-0.15, -0.1) is 23.5 Å². The van der Waals surface area contributed by atoms with Gasteiger partial charge in [-0.25, -0.2) is 0 Å². The third kappa shape index (κ3) is 8.06. The average Bonchev–Trinajstić information content (AvgIpc) is 2.53. The van der Waals surface area contributed by atoms with E-state index in [-0.39, 0.29) is 0 Å². The molecule has 1 rings (SSSR count). The SMILES string of the molecule is CCCCCSC(SCCCCC)c1ccc(OC)cc1. The van der Waals surface area contributed by atoms with Crippen LogP contribution in [0.4, 0.5) is 0 Å². The Balaban J connectivity index is 2.51. The normalized spacial score (nSPS) is 11.0. The van der Waals surface area contributed by atoms with Crippen molar-refractivity contribution in [1.29, 1.82) is 0 Å². The monoisotopic (exact) mass is 326 g/mol. The van der Waals surface area contributed by atoms with Crippen LogP contribution >= 0.6 is 23.5 Å². The molecule has 3 heteroatoms. The standard InChI is InChI=1S/C18H30OS2/c1-4-6-8-14-20-18(21-15-9-7-5-2)16-10-12-17(19-3)13-11-16/h10-13,18H,4-9,14-15H2,1-3H3. The van der Waals surface area contributed by atoms with Crippen LogP contribution < -0.4 is 4.74 Å². The molecule has 0 spiro atoms. The van der Waals surface area contributed by atoms with Crippen LogP contribution in [0.3, 0.4) is 0 Å². The second kappa shape index (κ2) is 12.3. The maximum Gasteiger partial charge on any atom is 0.118 e. The fraction of sp³-hybridized carbons (Fsp3) is 0.667. The molecule has 0 fully saturated rings. The molecule has 0 aliphatic rings. The average molecular weight is 327 g/mol. The Morgan fingerprint density at radius 3 is 1.81 bits per heavy atom. The molecule has 0 atom stereocenters. The third-order valence-electron chi connectivity index (χ3n) is 3.42. The van der Waals surface area contributed by atoms with Gasteiger partial charge in [0.05, 0.1) is 11.7 Å². The first kappa shape index (κ1) is 18.8. The number of thioether (sulfide) groups is 2. The molecule has 0 heterocycles. The van der Waals surface area contributed by atoms with E-state index in [9.17, 15) is 0 Å². The van der Waals surface area contributed by atoms with Gasteiger partial charge in [-0.1, -0.05) is 51.7 Å². The number of rotatable bonds is 12. The van der Waals surface area contributed by atoms with Crippen LogP contribution in [0.15, 0.2) is 24.3 Å². The van der Waals surface area contributed by atoms with Gasteiger partial charge in [-0.3, -0.25) is 0 Å². The summed E-state index contributed by atoms with van der Waals surface area (Å²) in [5, 5.41) is 0. The van der Waals surface area contributed by atoms with Gasteiger partial charge in [0.2, 0.25) is 0 Å². The molecule has 0 aromatic heterocycles. The molecule has 120 valence electrons. The first-order valence-electron chi connectivity index (χ1n) is 8.19. The second-order valence-electron chi connectivity index (χ2n) is 5.26. The molecular formula is C18H30OS2. The smallest absolute Gasteiger partial charge is 0.118 e. The largest absolute Gasteiger partial charge is 0.497 e. The highest BCUT2D eigenvalue weighted by molar-refractivity contribution is 8.16. The van der Waals surface area contributed by atoms with Crippen LogP contribution in [0.1, 0.15) is 62.5 Å². The van der Waals surface area contributed by atoms with E-state index in [4.69, 9.17) is 4.74 Å². The molecule has 0 aliphatic carbocycles. The van der Waals surface area contributed by atoms with Crippen molar-refractivity contribution in [2.24, 2.45) is 0 Å². The Kier molecular flexibility index (Phi) is 11.0. The van der Waals surface area contributed by atoms with Crippen LogP contribution in [0.2, 0.25) is 0 Å². The fourth-order valence-corrected chi connectivity index (χ4v) is 4.92. The molecule has 0 N–H and O–H groups in total. The molecular weight excluding hydrogens is 296 g/mol. The molecule has 0 saturated carbocycles. The van der Waals surface area contributed by atoms with Crippen LogP contribution in [0.5, 0.6) is 5.75 Å². The number of hydrogen-bond acceptors (Lipinski definition) is 3. The van der Waals surface area contributed by atoms with Crippen LogP contribution in [0, 0.1) is 0 Å². The zero-order chi connectivity index (χ0) is 15.3. The summed E-state index contributed by atoms with van der Waals surface area (Å²) in [6, 6.07) is 8.62. The van der Waals surface area contributed by atoms with Crippen molar-refractivity contribution in [1.82, 2.24) is 0 Å². The summed E-state index contributed by atoms with van der Waals surface area (Å²) in [4.78, 5) is 0. The van der Waals surface area contributed by atoms with Gasteiger partial charge in [0.1, 0.15) is 5.75 Å². The zero-order valence-corrected chi connectivity index (χ0v) is 15.4. The van der Waals surface area contributed by atoms with Crippen molar-refractivity contribution < 1.29 is 4.74 Å². The summed E-state index contributed by atoms with van der Waals surface area (Å²) in [7, 11) is 1.73. The molecule has 1 aromatic rings. The lowest BCUT2D eigenvalue weighted by Gasteiger charge is -2.17. The zero-order valence-electron chi connectivity index (χ0n) is 13.8. The molecule has 0 unspecified atom stereocenters. The fourth-order valence-electron chi connectivity index (χ4n) is 2.09. The van der Waals surface area contributed by atoms with E-state index in [1.165, 1.54) is 55.6 Å². The number of methoxy groups -OCH3 is 1. The van der Waals surface area contributed by atoms with Crippen molar-refractivity contribution in [3.05, 3.63) is 29.8 Å². The lowest BCUT2D eigenvalue weighted by atomic mass is 10.2. The minimum absolute atomic E-state index is 0.574. The van der Waals surface area contributed by atoms with Gasteiger partial charge >= 0.3 is 0 Å². The summed E-state index contributed by atoms with van der Waals surface area (Å²) in [6.07, 6.45) is 7.98. The third-order valence-corrected chi connectivity index (χ3v) is 6.44. The van der Waals surface area contributed by atoms with Gasteiger partial charge in [-0.05, 0) is 42.0 Å². The van der Waals surface area contributed by atoms with Crippen molar-refractivity contribution in [2.45, 2.75) is 57.0 Å². The molecule has 0 amide bonds. The van der Waals surface area contributed by atoms with Crippen molar-refractivity contribution in [3.63, 3.8) is 0 Å². The van der Waals surface area contributed by atoms with E-state index in [1.807, 2.05) is 0 Å². The highest BCUT2D eigenvalue weighted by Gasteiger charge is 2.12. The lowest BCUT2D eigenvalue weighted by Crippen LogP contribution is -1.94. The first-order chi connectivity index (χ1) is 10.3. The summed E-state index contributed by atoms with van der Waals surface area (Å²) in [6.45, 7) is 4.54. The molecule has 0 radical (unpaired) electrons. The van der Waals surface area contributed by atoms with Gasteiger partial charge in [0.25, 0.3) is 0 Å². The number of hydrogen-bond donors (Lipinski definition) is 0. The van der Waals surface area contributed by atoms with E-state index in [0.717, 1.165) is 5.75 Å². The van der Waals surface area contributed by atoms with Gasteiger partial charge in [0.15, 0.2) is 0 Å². The molecule has 0 aliphatic heterocycles. The number of unbranched alkanes of at least 4 members (excludes halogenated alkanes) is 4. The van der Waals surface area contributed by atoms with Gasteiger partial charge in [-0.2, -0.15) is 0 Å². The Labute approximate surface area is 139 Å². The van der Waals surface area contributed by atoms with Crippen LogP contribution in [-0.4, -0.2) is 18.6 Å². The molecule has 1 aromatic carbocycles. The molecule has 0 bridgehead atoms. The van der Waals surface area contributed by atoms with Crippen molar-refractivity contribution in [2.75, 3.05) is 18.6 Å². The Morgan fingerprint density at radius 1 is 0.857 bits per heavy atom. The molecule has 0 saturated heterocycles. The van der Waals surface area contributed by atoms with E-state index in [0.29, 0.717) is 4.58 Å². The van der Waals surface area contributed by atoms with Crippen LogP contribution in [0.25, 0.3) is 0 Å². The van der Waals surface area contributed by atoms with Crippen LogP contribution in [-0.2, 0) is 0 Å². The lowest BCUT2D eigenvalue weighted by molar-refractivity contribution is 0.414. The Bertz CT molecular complexity index is 339. The topological polar surface area (TPSA) is 9.23 Å². The van der Waals surface area contributed by atoms with E-state index in [1.54, 1.807) is 7.11 Å². The first-order valence-corrected chi connectivity index (χ1v) is 10.3. The van der Waals surface area contributed by atoms with Gasteiger partial charge in [0, 0.05) is 0 Å². The van der Waals surface area contributed by atoms with E-state index < -0.39 is 0 Å². The summed E-state index contributed by atoms with van der Waals surface area (Å²) >= 11 is 4.22. The summed E-state index contributed by atoms with van der Waals surface area (Å²) in [5.41, 5.74) is 1.43. The Hall–Kier alpha value is -0.280. The maximum absolute atomic E-state index is 5.26. The molecule has 21 heavy (non-hydrogen) atoms. The maximum atomic E-state index is 5.26. The number of ether oxygens (including phenoxy) is 1. The summed E-state index contributed by atoms with van der Waals surface area (Å²) in [5.74, 6) is 3.49.